The first-order chi connectivity index (χ1) is 22.2. The Labute approximate surface area is 272 Å². The van der Waals surface area contributed by atoms with Crippen molar-refractivity contribution in [2.24, 2.45) is 0 Å². The number of rotatable bonds is 13. The minimum atomic E-state index is -4.38. The van der Waals surface area contributed by atoms with Crippen molar-refractivity contribution >= 4 is 17.7 Å². The van der Waals surface area contributed by atoms with Gasteiger partial charge in [-0.05, 0) is 66.7 Å². The number of aromatic nitrogens is 2. The molecule has 0 N–H and O–H groups in total. The Morgan fingerprint density at radius 3 is 2.15 bits per heavy atom. The van der Waals surface area contributed by atoms with Crippen LogP contribution in [0.5, 0.6) is 0 Å². The molecule has 1 heterocycles. The lowest BCUT2D eigenvalue weighted by atomic mass is 10.0. The van der Waals surface area contributed by atoms with Crippen LogP contribution in [-0.2, 0) is 42.7 Å². The molecule has 4 aromatic rings. The van der Waals surface area contributed by atoms with Crippen molar-refractivity contribution in [2.75, 3.05) is 26.2 Å². The van der Waals surface area contributed by atoms with Crippen LogP contribution in [0.3, 0.4) is 0 Å². The zero-order valence-electron chi connectivity index (χ0n) is 26.2. The third-order valence-corrected chi connectivity index (χ3v) is 9.56. The van der Waals surface area contributed by atoms with Gasteiger partial charge in [-0.15, -0.1) is 0 Å². The highest BCUT2D eigenvalue weighted by molar-refractivity contribution is 7.98. The fourth-order valence-corrected chi connectivity index (χ4v) is 6.75. The van der Waals surface area contributed by atoms with E-state index in [1.165, 1.54) is 23.9 Å². The second-order valence-corrected chi connectivity index (χ2v) is 12.4. The molecule has 0 fully saturated rings. The van der Waals surface area contributed by atoms with Crippen LogP contribution < -0.4 is 5.56 Å². The third kappa shape index (κ3) is 8.27. The van der Waals surface area contributed by atoms with Crippen LogP contribution in [-0.4, -0.2) is 51.4 Å². The average molecular weight is 649 g/mol. The van der Waals surface area contributed by atoms with Gasteiger partial charge in [0.1, 0.15) is 6.54 Å². The van der Waals surface area contributed by atoms with Gasteiger partial charge in [0, 0.05) is 36.6 Å². The molecule has 1 aliphatic rings. The van der Waals surface area contributed by atoms with Gasteiger partial charge in [0.15, 0.2) is 5.16 Å². The molecule has 0 saturated carbocycles. The van der Waals surface area contributed by atoms with Crippen molar-refractivity contribution < 1.29 is 18.0 Å². The van der Waals surface area contributed by atoms with Crippen LogP contribution in [0.25, 0.3) is 11.1 Å². The Bertz CT molecular complexity index is 1670. The topological polar surface area (TPSA) is 58.4 Å². The molecule has 6 nitrogen and oxygen atoms in total. The van der Waals surface area contributed by atoms with E-state index in [4.69, 9.17) is 0 Å². The monoisotopic (exact) mass is 648 g/mol. The van der Waals surface area contributed by atoms with Gasteiger partial charge >= 0.3 is 6.18 Å². The minimum absolute atomic E-state index is 0.0555. The zero-order valence-corrected chi connectivity index (χ0v) is 27.0. The highest BCUT2D eigenvalue weighted by Crippen LogP contribution is 2.31. The number of alkyl halides is 3. The molecule has 0 unspecified atom stereocenters. The molecule has 1 aliphatic carbocycles. The molecule has 3 aromatic carbocycles. The molecule has 5 rings (SSSR count). The van der Waals surface area contributed by atoms with Gasteiger partial charge in [-0.3, -0.25) is 9.59 Å². The maximum absolute atomic E-state index is 14.1. The molecule has 1 amide bonds. The standard InChI is InChI=1S/C36H39F3N4O2S/c1-3-41(4-2)21-22-42(23-26-13-15-28(16-14-26)29-17-19-30(20-18-29)36(37,38)39)33(44)24-43-32-12-8-11-31(32)34(45)40-35(43)46-25-27-9-6-5-7-10-27/h5-7,9-10,13-20H,3-4,8,11-12,21-25H2,1-2H3. The van der Waals surface area contributed by atoms with Crippen LogP contribution in [0.1, 0.15) is 48.2 Å². The number of amides is 1. The number of thioether (sulfide) groups is 1. The molecule has 46 heavy (non-hydrogen) atoms. The number of carbonyl (C=O) groups is 1. The second kappa shape index (κ2) is 15.1. The molecule has 0 bridgehead atoms. The first-order valence-corrected chi connectivity index (χ1v) is 16.7. The van der Waals surface area contributed by atoms with E-state index in [1.54, 1.807) is 0 Å². The smallest absolute Gasteiger partial charge is 0.336 e. The van der Waals surface area contributed by atoms with E-state index in [2.05, 4.69) is 23.7 Å². The SMILES string of the molecule is CCN(CC)CCN(Cc1ccc(-c2ccc(C(F)(F)F)cc2)cc1)C(=O)Cn1c(SCc2ccccc2)nc(=O)c2c1CCC2. The van der Waals surface area contributed by atoms with E-state index in [0.29, 0.717) is 41.5 Å². The Morgan fingerprint density at radius 2 is 1.52 bits per heavy atom. The first-order valence-electron chi connectivity index (χ1n) is 15.7. The number of fused-ring (bicyclic) bond motifs is 1. The van der Waals surface area contributed by atoms with Gasteiger partial charge in [0.05, 0.1) is 5.56 Å². The molecule has 0 saturated heterocycles. The lowest BCUT2D eigenvalue weighted by molar-refractivity contribution is -0.137. The predicted octanol–water partition coefficient (Wildman–Crippen LogP) is 7.08. The summed E-state index contributed by atoms with van der Waals surface area (Å²) in [7, 11) is 0. The fraction of sp³-hybridized carbons (Fsp3) is 0.361. The van der Waals surface area contributed by atoms with Crippen molar-refractivity contribution in [3.8, 4) is 11.1 Å². The van der Waals surface area contributed by atoms with Gasteiger partial charge in [-0.25, -0.2) is 0 Å². The van der Waals surface area contributed by atoms with Crippen LogP contribution >= 0.6 is 11.8 Å². The van der Waals surface area contributed by atoms with Crippen LogP contribution in [0, 0.1) is 0 Å². The summed E-state index contributed by atoms with van der Waals surface area (Å²) in [6.07, 6.45) is -2.10. The summed E-state index contributed by atoms with van der Waals surface area (Å²) < 4.78 is 41.0. The quantitative estimate of drug-likeness (QED) is 0.115. The van der Waals surface area contributed by atoms with Crippen LogP contribution in [0.15, 0.2) is 88.8 Å². The number of carbonyl (C=O) groups excluding carboxylic acids is 1. The number of benzene rings is 3. The minimum Gasteiger partial charge on any atom is -0.336 e. The normalized spacial score (nSPS) is 12.8. The summed E-state index contributed by atoms with van der Waals surface area (Å²) in [6, 6.07) is 22.7. The Morgan fingerprint density at radius 1 is 0.870 bits per heavy atom. The zero-order chi connectivity index (χ0) is 32.7. The Hall–Kier alpha value is -3.89. The van der Waals surface area contributed by atoms with Gasteiger partial charge in [0.25, 0.3) is 5.56 Å². The van der Waals surface area contributed by atoms with Crippen molar-refractivity contribution in [3.05, 3.63) is 117 Å². The van der Waals surface area contributed by atoms with Crippen molar-refractivity contribution in [3.63, 3.8) is 0 Å². The molecule has 242 valence electrons. The number of hydrogen-bond donors (Lipinski definition) is 0. The third-order valence-electron chi connectivity index (χ3n) is 8.51. The average Bonchev–Trinajstić information content (AvgIpc) is 3.56. The maximum Gasteiger partial charge on any atom is 0.416 e. The summed E-state index contributed by atoms with van der Waals surface area (Å²) in [5, 5.41) is 0.562. The summed E-state index contributed by atoms with van der Waals surface area (Å²) in [6.45, 7) is 7.67. The Kier molecular flexibility index (Phi) is 11.0. The molecule has 1 aromatic heterocycles. The second-order valence-electron chi connectivity index (χ2n) is 11.5. The van der Waals surface area contributed by atoms with Gasteiger partial charge in [-0.2, -0.15) is 18.2 Å². The molecule has 10 heteroatoms. The molecule has 0 radical (unpaired) electrons. The van der Waals surface area contributed by atoms with Gasteiger partial charge < -0.3 is 14.4 Å². The van der Waals surface area contributed by atoms with Gasteiger partial charge in [-0.1, -0.05) is 92.3 Å². The number of nitrogens with zero attached hydrogens (tertiary/aromatic N) is 4. The van der Waals surface area contributed by atoms with E-state index < -0.39 is 11.7 Å². The lowest BCUT2D eigenvalue weighted by Gasteiger charge is -2.28. The van der Waals surface area contributed by atoms with E-state index in [1.807, 2.05) is 64.1 Å². The van der Waals surface area contributed by atoms with E-state index in [9.17, 15) is 22.8 Å². The highest BCUT2D eigenvalue weighted by Gasteiger charge is 2.30. The van der Waals surface area contributed by atoms with E-state index in [0.717, 1.165) is 67.0 Å². The summed E-state index contributed by atoms with van der Waals surface area (Å²) in [4.78, 5) is 35.6. The lowest BCUT2D eigenvalue weighted by Crippen LogP contribution is -2.40. The maximum atomic E-state index is 14.1. The van der Waals surface area contributed by atoms with Crippen LogP contribution in [0.4, 0.5) is 13.2 Å². The Balaban J connectivity index is 1.37. The van der Waals surface area contributed by atoms with E-state index >= 15 is 0 Å². The molecular formula is C36H39F3N4O2S. The summed E-state index contributed by atoms with van der Waals surface area (Å²) >= 11 is 1.48. The summed E-state index contributed by atoms with van der Waals surface area (Å²) in [5.41, 5.74) is 4.27. The summed E-state index contributed by atoms with van der Waals surface area (Å²) in [5.74, 6) is 0.581. The van der Waals surface area contributed by atoms with Crippen LogP contribution in [0.2, 0.25) is 0 Å². The van der Waals surface area contributed by atoms with Crippen molar-refractivity contribution in [1.82, 2.24) is 19.4 Å². The molecular weight excluding hydrogens is 609 g/mol. The van der Waals surface area contributed by atoms with Crippen molar-refractivity contribution in [1.29, 1.82) is 0 Å². The van der Waals surface area contributed by atoms with Crippen molar-refractivity contribution in [2.45, 2.75) is 63.3 Å². The molecule has 0 spiro atoms. The number of hydrogen-bond acceptors (Lipinski definition) is 5. The van der Waals surface area contributed by atoms with Gasteiger partial charge in [0.2, 0.25) is 5.91 Å². The molecule has 0 atom stereocenters. The fourth-order valence-electron chi connectivity index (χ4n) is 5.79. The molecule has 0 aliphatic heterocycles. The predicted molar refractivity (Wildman–Crippen MR) is 177 cm³/mol. The number of halogens is 3. The first kappa shape index (κ1) is 33.5. The van der Waals surface area contributed by atoms with E-state index in [-0.39, 0.29) is 18.0 Å². The highest BCUT2D eigenvalue weighted by atomic mass is 32.2. The number of likely N-dealkylation sites (N-methyl/N-ethyl adjacent to an activating group) is 1. The largest absolute Gasteiger partial charge is 0.416 e.